The summed E-state index contributed by atoms with van der Waals surface area (Å²) in [7, 11) is 1.65. The lowest BCUT2D eigenvalue weighted by Crippen LogP contribution is -2.54. The summed E-state index contributed by atoms with van der Waals surface area (Å²) in [6, 6.07) is 5.56. The molecule has 7 heteroatoms. The Bertz CT molecular complexity index is 941. The van der Waals surface area contributed by atoms with Gasteiger partial charge in [0.05, 0.1) is 22.8 Å². The molecule has 152 valence electrons. The van der Waals surface area contributed by atoms with Crippen LogP contribution in [0.2, 0.25) is 0 Å². The smallest absolute Gasteiger partial charge is 0.275 e. The van der Waals surface area contributed by atoms with Gasteiger partial charge in [0.25, 0.3) is 5.56 Å². The van der Waals surface area contributed by atoms with E-state index in [0.29, 0.717) is 18.2 Å². The number of carbonyl (C=O) groups excluding carboxylic acids is 1. The Morgan fingerprint density at radius 1 is 1.36 bits per heavy atom. The number of rotatable bonds is 6. The van der Waals surface area contributed by atoms with Gasteiger partial charge in [-0.05, 0) is 50.3 Å². The molecule has 1 aromatic carbocycles. The zero-order chi connectivity index (χ0) is 20.6. The fraction of sp³-hybridized carbons (Fsp3) is 0.571. The number of hydrogen-bond acceptors (Lipinski definition) is 5. The Hall–Kier alpha value is -2.25. The molecule has 28 heavy (non-hydrogen) atoms. The van der Waals surface area contributed by atoms with Gasteiger partial charge in [0, 0.05) is 18.5 Å². The van der Waals surface area contributed by atoms with Crippen molar-refractivity contribution in [3.63, 3.8) is 0 Å². The van der Waals surface area contributed by atoms with Crippen LogP contribution in [0.5, 0.6) is 0 Å². The molecule has 0 aliphatic heterocycles. The first-order chi connectivity index (χ1) is 13.1. The van der Waals surface area contributed by atoms with Gasteiger partial charge in [0.2, 0.25) is 5.91 Å². The molecule has 1 unspecified atom stereocenters. The molecule has 0 bridgehead atoms. The highest BCUT2D eigenvalue weighted by molar-refractivity contribution is 5.85. The third kappa shape index (κ3) is 4.10. The lowest BCUT2D eigenvalue weighted by molar-refractivity contribution is -0.125. The van der Waals surface area contributed by atoms with E-state index < -0.39 is 5.60 Å². The monoisotopic (exact) mass is 387 g/mol. The third-order valence-electron chi connectivity index (χ3n) is 5.41. The molecule has 1 fully saturated rings. The highest BCUT2D eigenvalue weighted by Gasteiger charge is 2.39. The van der Waals surface area contributed by atoms with Crippen molar-refractivity contribution >= 4 is 16.7 Å². The van der Waals surface area contributed by atoms with Crippen molar-refractivity contribution in [3.8, 4) is 0 Å². The van der Waals surface area contributed by atoms with Gasteiger partial charge >= 0.3 is 0 Å². The maximum atomic E-state index is 12.9. The number of benzene rings is 1. The van der Waals surface area contributed by atoms with E-state index in [4.69, 9.17) is 4.74 Å². The minimum absolute atomic E-state index is 0.0543. The van der Waals surface area contributed by atoms with Crippen molar-refractivity contribution in [1.82, 2.24) is 15.1 Å². The van der Waals surface area contributed by atoms with Crippen LogP contribution >= 0.6 is 0 Å². The Balaban J connectivity index is 1.92. The number of ether oxygens (including phenoxy) is 1. The third-order valence-corrected chi connectivity index (χ3v) is 5.41. The van der Waals surface area contributed by atoms with Crippen LogP contribution in [0, 0.1) is 0 Å². The molecule has 2 aromatic rings. The number of aliphatic hydroxyl groups is 1. The number of nitrogens with zero attached hydrogens (tertiary/aromatic N) is 2. The van der Waals surface area contributed by atoms with Gasteiger partial charge in [-0.1, -0.05) is 19.9 Å². The highest BCUT2D eigenvalue weighted by atomic mass is 16.5. The largest absolute Gasteiger partial charge is 0.390 e. The number of methoxy groups -OCH3 is 1. The van der Waals surface area contributed by atoms with Crippen molar-refractivity contribution in [1.29, 1.82) is 0 Å². The number of amides is 1. The molecule has 1 amide bonds. The SMILES string of the molecule is COC(C)c1ccc2c(=O)n(CC(=O)NC3CC(C)(O)C3)nc(C(C)C)c2c1. The van der Waals surface area contributed by atoms with Crippen LogP contribution in [0.25, 0.3) is 10.8 Å². The zero-order valence-electron chi connectivity index (χ0n) is 17.2. The van der Waals surface area contributed by atoms with E-state index >= 15 is 0 Å². The van der Waals surface area contributed by atoms with Crippen LogP contribution in [0.15, 0.2) is 23.0 Å². The molecule has 1 heterocycles. The summed E-state index contributed by atoms with van der Waals surface area (Å²) in [5.74, 6) is -0.180. The lowest BCUT2D eigenvalue weighted by atomic mass is 9.77. The fourth-order valence-corrected chi connectivity index (χ4v) is 3.76. The van der Waals surface area contributed by atoms with Crippen LogP contribution in [-0.2, 0) is 16.1 Å². The topological polar surface area (TPSA) is 93.5 Å². The van der Waals surface area contributed by atoms with E-state index in [1.54, 1.807) is 20.1 Å². The van der Waals surface area contributed by atoms with E-state index in [1.807, 2.05) is 32.9 Å². The van der Waals surface area contributed by atoms with Crippen molar-refractivity contribution in [2.24, 2.45) is 0 Å². The van der Waals surface area contributed by atoms with E-state index in [1.165, 1.54) is 4.68 Å². The predicted octanol–water partition coefficient (Wildman–Crippen LogP) is 2.26. The van der Waals surface area contributed by atoms with Crippen molar-refractivity contribution in [2.75, 3.05) is 7.11 Å². The first kappa shape index (κ1) is 20.5. The standard InChI is InChI=1S/C21H29N3O4/c1-12(2)19-17-8-14(13(3)28-5)6-7-16(17)20(26)24(23-19)11-18(25)22-15-9-21(4,27)10-15/h6-8,12-13,15,27H,9-11H2,1-5H3,(H,22,25). The van der Waals surface area contributed by atoms with Gasteiger partial charge in [-0.15, -0.1) is 0 Å². The van der Waals surface area contributed by atoms with Crippen molar-refractivity contribution in [3.05, 3.63) is 39.8 Å². The Morgan fingerprint density at radius 3 is 2.61 bits per heavy atom. The summed E-state index contributed by atoms with van der Waals surface area (Å²) in [5.41, 5.74) is 0.759. The van der Waals surface area contributed by atoms with Gasteiger partial charge in [0.15, 0.2) is 0 Å². The van der Waals surface area contributed by atoms with E-state index in [-0.39, 0.29) is 36.1 Å². The molecule has 0 radical (unpaired) electrons. The Kier molecular flexibility index (Phi) is 5.59. The second kappa shape index (κ2) is 7.64. The van der Waals surface area contributed by atoms with Gasteiger partial charge in [-0.2, -0.15) is 5.10 Å². The minimum Gasteiger partial charge on any atom is -0.390 e. The minimum atomic E-state index is -0.710. The quantitative estimate of drug-likeness (QED) is 0.793. The fourth-order valence-electron chi connectivity index (χ4n) is 3.76. The molecule has 1 aliphatic rings. The predicted molar refractivity (Wildman–Crippen MR) is 107 cm³/mol. The van der Waals surface area contributed by atoms with Crippen LogP contribution < -0.4 is 10.9 Å². The molecule has 0 spiro atoms. The number of carbonyl (C=O) groups is 1. The molecule has 7 nitrogen and oxygen atoms in total. The number of aromatic nitrogens is 2. The summed E-state index contributed by atoms with van der Waals surface area (Å²) in [6.45, 7) is 7.59. The first-order valence-electron chi connectivity index (χ1n) is 9.70. The summed E-state index contributed by atoms with van der Waals surface area (Å²) < 4.78 is 6.62. The number of hydrogen-bond donors (Lipinski definition) is 2. The maximum Gasteiger partial charge on any atom is 0.275 e. The van der Waals surface area contributed by atoms with Gasteiger partial charge < -0.3 is 15.2 Å². The normalized spacial score (nSPS) is 22.9. The van der Waals surface area contributed by atoms with Gasteiger partial charge in [0.1, 0.15) is 6.54 Å². The highest BCUT2D eigenvalue weighted by Crippen LogP contribution is 2.31. The Labute approximate surface area is 164 Å². The molecular weight excluding hydrogens is 358 g/mol. The van der Waals surface area contributed by atoms with E-state index in [9.17, 15) is 14.7 Å². The molecule has 1 aromatic heterocycles. The maximum absolute atomic E-state index is 12.9. The second-order valence-electron chi connectivity index (χ2n) is 8.36. The first-order valence-corrected chi connectivity index (χ1v) is 9.70. The number of fused-ring (bicyclic) bond motifs is 1. The van der Waals surface area contributed by atoms with Crippen molar-refractivity contribution < 1.29 is 14.6 Å². The van der Waals surface area contributed by atoms with Crippen molar-refractivity contribution in [2.45, 2.75) is 70.7 Å². The molecule has 1 saturated carbocycles. The Morgan fingerprint density at radius 2 is 2.04 bits per heavy atom. The van der Waals surface area contributed by atoms with Gasteiger partial charge in [-0.3, -0.25) is 9.59 Å². The van der Waals surface area contributed by atoms with Crippen LogP contribution in [-0.4, -0.2) is 39.5 Å². The van der Waals surface area contributed by atoms with E-state index in [2.05, 4.69) is 10.4 Å². The van der Waals surface area contributed by atoms with Gasteiger partial charge in [-0.25, -0.2) is 4.68 Å². The average Bonchev–Trinajstić information content (AvgIpc) is 2.61. The van der Waals surface area contributed by atoms with Crippen LogP contribution in [0.3, 0.4) is 0 Å². The summed E-state index contributed by atoms with van der Waals surface area (Å²) >= 11 is 0. The average molecular weight is 387 g/mol. The summed E-state index contributed by atoms with van der Waals surface area (Å²) in [6.07, 6.45) is 0.963. The zero-order valence-corrected chi connectivity index (χ0v) is 17.2. The molecule has 3 rings (SSSR count). The molecule has 1 atom stereocenters. The molecule has 2 N–H and O–H groups in total. The molecule has 1 aliphatic carbocycles. The summed E-state index contributed by atoms with van der Waals surface area (Å²) in [4.78, 5) is 25.3. The van der Waals surface area contributed by atoms with E-state index in [0.717, 1.165) is 16.6 Å². The second-order valence-corrected chi connectivity index (χ2v) is 8.36. The lowest BCUT2D eigenvalue weighted by Gasteiger charge is -2.41. The number of nitrogens with one attached hydrogen (secondary N) is 1. The van der Waals surface area contributed by atoms with Crippen LogP contribution in [0.4, 0.5) is 0 Å². The molecular formula is C21H29N3O4. The summed E-state index contributed by atoms with van der Waals surface area (Å²) in [5, 5.41) is 18.5. The molecule has 0 saturated heterocycles. The van der Waals surface area contributed by atoms with Crippen LogP contribution in [0.1, 0.15) is 63.8 Å².